The highest BCUT2D eigenvalue weighted by Gasteiger charge is 2.17. The Bertz CT molecular complexity index is 609. The van der Waals surface area contributed by atoms with E-state index in [0.29, 0.717) is 17.5 Å². The lowest BCUT2D eigenvalue weighted by atomic mass is 9.96. The molecule has 1 unspecified atom stereocenters. The maximum Gasteiger partial charge on any atom is 0.130 e. The molecule has 2 aromatic rings. The van der Waals surface area contributed by atoms with Crippen molar-refractivity contribution in [2.75, 3.05) is 0 Å². The Kier molecular flexibility index (Phi) is 5.04. The smallest absolute Gasteiger partial charge is 0.130 e. The van der Waals surface area contributed by atoms with Gasteiger partial charge in [-0.1, -0.05) is 31.2 Å². The molecule has 0 fully saturated rings. The average Bonchev–Trinajstić information content (AvgIpc) is 2.49. The van der Waals surface area contributed by atoms with E-state index in [2.05, 4.69) is 24.5 Å². The Labute approximate surface area is 124 Å². The summed E-state index contributed by atoms with van der Waals surface area (Å²) in [5, 5.41) is 0. The highest BCUT2D eigenvalue weighted by molar-refractivity contribution is 5.31. The summed E-state index contributed by atoms with van der Waals surface area (Å²) < 4.78 is 27.3. The minimum absolute atomic E-state index is 0.385. The van der Waals surface area contributed by atoms with E-state index in [-0.39, 0.29) is 0 Å². The standard InChI is InChI=1S/C17H20F2N2/c1-3-12-4-6-13(7-5-12)9-17(21-20)14-8-11(2)15(18)10-16(14)19/h4-8,10,17,21H,3,9,20H2,1-2H3. The number of hydrazine groups is 1. The second-order valence-corrected chi connectivity index (χ2v) is 5.22. The molecule has 0 bridgehead atoms. The molecule has 4 heteroatoms. The number of hydrogen-bond donors (Lipinski definition) is 2. The molecular formula is C17H20F2N2. The van der Waals surface area contributed by atoms with E-state index < -0.39 is 17.7 Å². The minimum Gasteiger partial charge on any atom is -0.271 e. The zero-order chi connectivity index (χ0) is 15.4. The molecule has 0 aliphatic heterocycles. The Morgan fingerprint density at radius 1 is 1.05 bits per heavy atom. The van der Waals surface area contributed by atoms with Gasteiger partial charge in [0.2, 0.25) is 0 Å². The van der Waals surface area contributed by atoms with Gasteiger partial charge in [0.25, 0.3) is 0 Å². The third kappa shape index (κ3) is 3.65. The van der Waals surface area contributed by atoms with Gasteiger partial charge >= 0.3 is 0 Å². The van der Waals surface area contributed by atoms with E-state index in [0.717, 1.165) is 18.1 Å². The summed E-state index contributed by atoms with van der Waals surface area (Å²) in [5.74, 6) is 4.44. The predicted octanol–water partition coefficient (Wildman–Crippen LogP) is 3.58. The van der Waals surface area contributed by atoms with Crippen LogP contribution >= 0.6 is 0 Å². The summed E-state index contributed by atoms with van der Waals surface area (Å²) in [6.45, 7) is 3.71. The van der Waals surface area contributed by atoms with E-state index >= 15 is 0 Å². The highest BCUT2D eigenvalue weighted by atomic mass is 19.1. The number of halogens is 2. The van der Waals surface area contributed by atoms with Crippen LogP contribution in [0.1, 0.15) is 35.2 Å². The monoisotopic (exact) mass is 290 g/mol. The summed E-state index contributed by atoms with van der Waals surface area (Å²) in [7, 11) is 0. The highest BCUT2D eigenvalue weighted by Crippen LogP contribution is 2.23. The van der Waals surface area contributed by atoms with Crippen LogP contribution in [-0.4, -0.2) is 0 Å². The van der Waals surface area contributed by atoms with Crippen molar-refractivity contribution in [2.24, 2.45) is 5.84 Å². The first kappa shape index (κ1) is 15.6. The Hall–Kier alpha value is -1.78. The number of benzene rings is 2. The van der Waals surface area contributed by atoms with E-state index in [1.165, 1.54) is 11.6 Å². The molecule has 0 aliphatic carbocycles. The van der Waals surface area contributed by atoms with Crippen molar-refractivity contribution in [2.45, 2.75) is 32.7 Å². The largest absolute Gasteiger partial charge is 0.271 e. The summed E-state index contributed by atoms with van der Waals surface area (Å²) in [5.41, 5.74) is 5.72. The quantitative estimate of drug-likeness (QED) is 0.652. The van der Waals surface area contributed by atoms with Crippen molar-refractivity contribution in [1.29, 1.82) is 0 Å². The summed E-state index contributed by atoms with van der Waals surface area (Å²) in [6.07, 6.45) is 1.52. The van der Waals surface area contributed by atoms with Crippen molar-refractivity contribution < 1.29 is 8.78 Å². The van der Waals surface area contributed by atoms with E-state index in [1.807, 2.05) is 12.1 Å². The molecular weight excluding hydrogens is 270 g/mol. The number of aryl methyl sites for hydroxylation is 2. The fourth-order valence-corrected chi connectivity index (χ4v) is 2.35. The van der Waals surface area contributed by atoms with E-state index in [9.17, 15) is 8.78 Å². The van der Waals surface area contributed by atoms with Gasteiger partial charge in [-0.15, -0.1) is 0 Å². The molecule has 1 atom stereocenters. The first-order valence-electron chi connectivity index (χ1n) is 7.04. The topological polar surface area (TPSA) is 38.0 Å². The average molecular weight is 290 g/mol. The van der Waals surface area contributed by atoms with Crippen LogP contribution in [0.3, 0.4) is 0 Å². The molecule has 0 aromatic heterocycles. The van der Waals surface area contributed by atoms with Crippen LogP contribution in [0.4, 0.5) is 8.78 Å². The van der Waals surface area contributed by atoms with Crippen molar-refractivity contribution >= 4 is 0 Å². The molecule has 2 aromatic carbocycles. The first-order chi connectivity index (χ1) is 10.0. The van der Waals surface area contributed by atoms with E-state index in [1.54, 1.807) is 6.92 Å². The molecule has 0 saturated carbocycles. The van der Waals surface area contributed by atoms with Gasteiger partial charge in [-0.3, -0.25) is 11.3 Å². The number of nitrogens with one attached hydrogen (secondary N) is 1. The van der Waals surface area contributed by atoms with Crippen LogP contribution in [0.25, 0.3) is 0 Å². The zero-order valence-electron chi connectivity index (χ0n) is 12.3. The Balaban J connectivity index is 2.25. The lowest BCUT2D eigenvalue weighted by molar-refractivity contribution is 0.500. The van der Waals surface area contributed by atoms with Crippen LogP contribution in [-0.2, 0) is 12.8 Å². The lowest BCUT2D eigenvalue weighted by Crippen LogP contribution is -2.30. The Morgan fingerprint density at radius 2 is 1.67 bits per heavy atom. The maximum absolute atomic E-state index is 14.0. The van der Waals surface area contributed by atoms with Gasteiger partial charge in [-0.25, -0.2) is 8.78 Å². The molecule has 0 aliphatic rings. The fraction of sp³-hybridized carbons (Fsp3) is 0.294. The molecule has 0 amide bonds. The fourth-order valence-electron chi connectivity index (χ4n) is 2.35. The normalized spacial score (nSPS) is 12.4. The minimum atomic E-state index is -0.578. The van der Waals surface area contributed by atoms with Gasteiger partial charge in [0, 0.05) is 11.6 Å². The predicted molar refractivity (Wildman–Crippen MR) is 80.7 cm³/mol. The Morgan fingerprint density at radius 3 is 2.24 bits per heavy atom. The van der Waals surface area contributed by atoms with E-state index in [4.69, 9.17) is 5.84 Å². The van der Waals surface area contributed by atoms with Crippen LogP contribution in [0, 0.1) is 18.6 Å². The van der Waals surface area contributed by atoms with Crippen LogP contribution in [0.2, 0.25) is 0 Å². The van der Waals surface area contributed by atoms with Crippen molar-refractivity contribution in [3.63, 3.8) is 0 Å². The summed E-state index contributed by atoms with van der Waals surface area (Å²) >= 11 is 0. The van der Waals surface area contributed by atoms with Crippen molar-refractivity contribution in [1.82, 2.24) is 5.43 Å². The molecule has 3 N–H and O–H groups in total. The summed E-state index contributed by atoms with van der Waals surface area (Å²) in [4.78, 5) is 0. The molecule has 2 rings (SSSR count). The zero-order valence-corrected chi connectivity index (χ0v) is 12.3. The van der Waals surface area contributed by atoms with Gasteiger partial charge in [0.1, 0.15) is 11.6 Å². The van der Waals surface area contributed by atoms with Gasteiger partial charge in [-0.05, 0) is 42.5 Å². The second kappa shape index (κ2) is 6.78. The maximum atomic E-state index is 14.0. The van der Waals surface area contributed by atoms with Crippen LogP contribution < -0.4 is 11.3 Å². The molecule has 0 spiro atoms. The molecule has 112 valence electrons. The number of nitrogens with two attached hydrogens (primary N) is 1. The molecule has 0 heterocycles. The van der Waals surface area contributed by atoms with Crippen LogP contribution in [0.15, 0.2) is 36.4 Å². The van der Waals surface area contributed by atoms with Crippen molar-refractivity contribution in [3.8, 4) is 0 Å². The first-order valence-corrected chi connectivity index (χ1v) is 7.04. The van der Waals surface area contributed by atoms with Gasteiger partial charge in [-0.2, -0.15) is 0 Å². The van der Waals surface area contributed by atoms with Gasteiger partial charge in [0.05, 0.1) is 6.04 Å². The SMILES string of the molecule is CCc1ccc(CC(NN)c2cc(C)c(F)cc2F)cc1. The molecule has 21 heavy (non-hydrogen) atoms. The van der Waals surface area contributed by atoms with Gasteiger partial charge < -0.3 is 0 Å². The third-order valence-corrected chi connectivity index (χ3v) is 3.73. The number of rotatable bonds is 5. The van der Waals surface area contributed by atoms with Crippen molar-refractivity contribution in [3.05, 3.63) is 70.3 Å². The second-order valence-electron chi connectivity index (χ2n) is 5.22. The summed E-state index contributed by atoms with van der Waals surface area (Å²) in [6, 6.07) is 10.2. The van der Waals surface area contributed by atoms with Gasteiger partial charge in [0.15, 0.2) is 0 Å². The molecule has 2 nitrogen and oxygen atoms in total. The molecule has 0 radical (unpaired) electrons. The van der Waals surface area contributed by atoms with Crippen LogP contribution in [0.5, 0.6) is 0 Å². The third-order valence-electron chi connectivity index (χ3n) is 3.73. The number of hydrogen-bond acceptors (Lipinski definition) is 2. The lowest BCUT2D eigenvalue weighted by Gasteiger charge is -2.18. The molecule has 0 saturated heterocycles.